The summed E-state index contributed by atoms with van der Waals surface area (Å²) >= 11 is 0. The Morgan fingerprint density at radius 1 is 1.33 bits per heavy atom. The van der Waals surface area contributed by atoms with Crippen molar-refractivity contribution in [2.75, 3.05) is 18.4 Å². The fourth-order valence-corrected chi connectivity index (χ4v) is 2.52. The number of likely N-dealkylation sites (tertiary alicyclic amines) is 1. The average Bonchev–Trinajstić information content (AvgIpc) is 2.54. The lowest BCUT2D eigenvalue weighted by Gasteiger charge is -2.39. The molecule has 0 bridgehead atoms. The topological polar surface area (TPSA) is 66.8 Å². The Balaban J connectivity index is 1.56. The molecule has 0 unspecified atom stereocenters. The summed E-state index contributed by atoms with van der Waals surface area (Å²) < 4.78 is 6.00. The molecule has 1 N–H and O–H groups in total. The number of carbonyl (C=O) groups excluding carboxylic acids is 1. The maximum absolute atomic E-state index is 12.1. The highest BCUT2D eigenvalue weighted by Gasteiger charge is 2.32. The molecule has 2 aromatic rings. The van der Waals surface area contributed by atoms with Gasteiger partial charge in [-0.2, -0.15) is 0 Å². The molecule has 0 spiro atoms. The van der Waals surface area contributed by atoms with Crippen LogP contribution in [-0.4, -0.2) is 41.3 Å². The van der Waals surface area contributed by atoms with E-state index in [0.29, 0.717) is 13.1 Å². The normalized spacial score (nSPS) is 14.5. The first-order chi connectivity index (χ1) is 11.7. The zero-order valence-corrected chi connectivity index (χ0v) is 13.8. The third-order valence-electron chi connectivity index (χ3n) is 3.82. The number of nitrogens with zero attached hydrogens (tertiary/aromatic N) is 3. The highest BCUT2D eigenvalue weighted by molar-refractivity contribution is 5.89. The summed E-state index contributed by atoms with van der Waals surface area (Å²) in [4.78, 5) is 22.1. The molecule has 0 aliphatic carbocycles. The molecule has 24 heavy (non-hydrogen) atoms. The maximum atomic E-state index is 12.1. The molecule has 1 saturated heterocycles. The fourth-order valence-electron chi connectivity index (χ4n) is 2.52. The number of carbonyl (C=O) groups is 1. The van der Waals surface area contributed by atoms with Gasteiger partial charge < -0.3 is 15.0 Å². The second kappa shape index (κ2) is 7.12. The number of aliphatic imine (C=N–C) groups is 1. The van der Waals surface area contributed by atoms with Gasteiger partial charge in [-0.1, -0.05) is 12.1 Å². The molecule has 0 saturated carbocycles. The fraction of sp³-hybridized carbons (Fsp3) is 0.278. The number of para-hydroxylation sites is 1. The van der Waals surface area contributed by atoms with Gasteiger partial charge in [-0.25, -0.2) is 4.79 Å². The first-order valence-corrected chi connectivity index (χ1v) is 7.88. The van der Waals surface area contributed by atoms with Crippen molar-refractivity contribution >= 4 is 23.6 Å². The molecule has 1 aliphatic heterocycles. The SMILES string of the molecule is C/C=N\c1c(C)cccc1OC1CN(C(=O)Nc2ccncc2)C1. The van der Waals surface area contributed by atoms with Gasteiger partial charge in [0.05, 0.1) is 13.1 Å². The number of amides is 2. The third kappa shape index (κ3) is 3.53. The molecular formula is C18H20N4O2. The van der Waals surface area contributed by atoms with Gasteiger partial charge in [0.15, 0.2) is 0 Å². The van der Waals surface area contributed by atoms with Crippen LogP contribution in [0.3, 0.4) is 0 Å². The van der Waals surface area contributed by atoms with Crippen molar-refractivity contribution < 1.29 is 9.53 Å². The van der Waals surface area contributed by atoms with Gasteiger partial charge in [-0.3, -0.25) is 9.98 Å². The van der Waals surface area contributed by atoms with Gasteiger partial charge in [0.1, 0.15) is 17.5 Å². The lowest BCUT2D eigenvalue weighted by Crippen LogP contribution is -2.57. The van der Waals surface area contributed by atoms with E-state index in [0.717, 1.165) is 22.7 Å². The third-order valence-corrected chi connectivity index (χ3v) is 3.82. The Labute approximate surface area is 141 Å². The van der Waals surface area contributed by atoms with Crippen LogP contribution in [0.4, 0.5) is 16.2 Å². The largest absolute Gasteiger partial charge is 0.484 e. The smallest absolute Gasteiger partial charge is 0.322 e. The summed E-state index contributed by atoms with van der Waals surface area (Å²) in [5.41, 5.74) is 2.65. The van der Waals surface area contributed by atoms with Gasteiger partial charge in [-0.15, -0.1) is 0 Å². The Morgan fingerprint density at radius 2 is 2.08 bits per heavy atom. The van der Waals surface area contributed by atoms with Crippen LogP contribution < -0.4 is 10.1 Å². The van der Waals surface area contributed by atoms with Crippen LogP contribution in [0.1, 0.15) is 12.5 Å². The van der Waals surface area contributed by atoms with Crippen molar-refractivity contribution in [2.24, 2.45) is 4.99 Å². The van der Waals surface area contributed by atoms with Crippen LogP contribution in [0.5, 0.6) is 5.75 Å². The number of pyridine rings is 1. The van der Waals surface area contributed by atoms with Crippen molar-refractivity contribution in [3.63, 3.8) is 0 Å². The van der Waals surface area contributed by atoms with Gasteiger partial charge in [0, 0.05) is 24.3 Å². The Kier molecular flexibility index (Phi) is 4.74. The van der Waals surface area contributed by atoms with E-state index >= 15 is 0 Å². The van der Waals surface area contributed by atoms with E-state index in [1.54, 1.807) is 35.6 Å². The van der Waals surface area contributed by atoms with Crippen LogP contribution in [0, 0.1) is 6.92 Å². The molecule has 1 fully saturated rings. The number of hydrogen-bond donors (Lipinski definition) is 1. The summed E-state index contributed by atoms with van der Waals surface area (Å²) in [6.07, 6.45) is 5.03. The van der Waals surface area contributed by atoms with Crippen molar-refractivity contribution in [3.8, 4) is 5.75 Å². The molecule has 0 atom stereocenters. The van der Waals surface area contributed by atoms with E-state index in [2.05, 4.69) is 15.3 Å². The highest BCUT2D eigenvalue weighted by Crippen LogP contribution is 2.32. The molecule has 6 nitrogen and oxygen atoms in total. The molecule has 1 aromatic carbocycles. The maximum Gasteiger partial charge on any atom is 0.322 e. The summed E-state index contributed by atoms with van der Waals surface area (Å²) in [7, 11) is 0. The van der Waals surface area contributed by atoms with Crippen LogP contribution in [-0.2, 0) is 0 Å². The Bertz CT molecular complexity index is 740. The highest BCUT2D eigenvalue weighted by atomic mass is 16.5. The quantitative estimate of drug-likeness (QED) is 0.876. The van der Waals surface area contributed by atoms with Gasteiger partial charge in [0.2, 0.25) is 0 Å². The molecule has 0 radical (unpaired) electrons. The molecule has 3 rings (SSSR count). The number of aromatic nitrogens is 1. The number of rotatable bonds is 4. The predicted octanol–water partition coefficient (Wildman–Crippen LogP) is 3.41. The Morgan fingerprint density at radius 3 is 2.79 bits per heavy atom. The van der Waals surface area contributed by atoms with Crippen LogP contribution in [0.15, 0.2) is 47.7 Å². The minimum absolute atomic E-state index is 0.0132. The number of anilines is 1. The van der Waals surface area contributed by atoms with E-state index in [-0.39, 0.29) is 12.1 Å². The van der Waals surface area contributed by atoms with Crippen LogP contribution >= 0.6 is 0 Å². The molecule has 6 heteroatoms. The van der Waals surface area contributed by atoms with Crippen molar-refractivity contribution in [2.45, 2.75) is 20.0 Å². The van der Waals surface area contributed by atoms with Gasteiger partial charge in [-0.05, 0) is 37.6 Å². The number of hydrogen-bond acceptors (Lipinski definition) is 4. The molecule has 124 valence electrons. The predicted molar refractivity (Wildman–Crippen MR) is 94.2 cm³/mol. The number of nitrogens with one attached hydrogen (secondary N) is 1. The van der Waals surface area contributed by atoms with E-state index in [1.807, 2.05) is 32.0 Å². The molecule has 1 aliphatic rings. The summed E-state index contributed by atoms with van der Waals surface area (Å²) in [6.45, 7) is 5.00. The molecular weight excluding hydrogens is 304 g/mol. The van der Waals surface area contributed by atoms with Crippen molar-refractivity contribution in [3.05, 3.63) is 48.3 Å². The lowest BCUT2D eigenvalue weighted by molar-refractivity contribution is 0.0497. The van der Waals surface area contributed by atoms with E-state index in [1.165, 1.54) is 0 Å². The first-order valence-electron chi connectivity index (χ1n) is 7.88. The molecule has 2 amide bonds. The van der Waals surface area contributed by atoms with Gasteiger partial charge in [0.25, 0.3) is 0 Å². The monoisotopic (exact) mass is 324 g/mol. The summed E-state index contributed by atoms with van der Waals surface area (Å²) in [5.74, 6) is 0.757. The second-order valence-corrected chi connectivity index (χ2v) is 5.62. The van der Waals surface area contributed by atoms with Crippen molar-refractivity contribution in [1.82, 2.24) is 9.88 Å². The minimum Gasteiger partial charge on any atom is -0.484 e. The number of urea groups is 1. The standard InChI is InChI=1S/C18H20N4O2/c1-3-20-17-13(2)5-4-6-16(17)24-15-11-22(12-15)18(23)21-14-7-9-19-10-8-14/h3-10,15H,11-12H2,1-2H3,(H,19,21,23)/b20-3-. The molecule has 2 heterocycles. The zero-order valence-electron chi connectivity index (χ0n) is 13.8. The van der Waals surface area contributed by atoms with Crippen molar-refractivity contribution in [1.29, 1.82) is 0 Å². The Hall–Kier alpha value is -2.89. The number of ether oxygens (including phenoxy) is 1. The summed E-state index contributed by atoms with van der Waals surface area (Å²) in [6, 6.07) is 9.25. The summed E-state index contributed by atoms with van der Waals surface area (Å²) in [5, 5.41) is 2.84. The zero-order chi connectivity index (χ0) is 16.9. The number of aryl methyl sites for hydroxylation is 1. The minimum atomic E-state index is -0.128. The number of benzene rings is 1. The first kappa shape index (κ1) is 16.0. The second-order valence-electron chi connectivity index (χ2n) is 5.62. The van der Waals surface area contributed by atoms with Gasteiger partial charge >= 0.3 is 6.03 Å². The lowest BCUT2D eigenvalue weighted by atomic mass is 10.1. The van der Waals surface area contributed by atoms with E-state index in [4.69, 9.17) is 4.74 Å². The average molecular weight is 324 g/mol. The van der Waals surface area contributed by atoms with E-state index < -0.39 is 0 Å². The van der Waals surface area contributed by atoms with E-state index in [9.17, 15) is 4.79 Å². The van der Waals surface area contributed by atoms with Crippen LogP contribution in [0.25, 0.3) is 0 Å². The van der Waals surface area contributed by atoms with Crippen LogP contribution in [0.2, 0.25) is 0 Å². The molecule has 1 aromatic heterocycles.